The van der Waals surface area contributed by atoms with Gasteiger partial charge in [0.15, 0.2) is 0 Å². The summed E-state index contributed by atoms with van der Waals surface area (Å²) in [5.41, 5.74) is 6.11. The average molecular weight is 284 g/mol. The lowest BCUT2D eigenvalue weighted by Crippen LogP contribution is -2.36. The molecule has 0 aliphatic heterocycles. The first kappa shape index (κ1) is 21.6. The number of hydrogen-bond acceptors (Lipinski definition) is 3. The van der Waals surface area contributed by atoms with Gasteiger partial charge < -0.3 is 5.73 Å². The molecule has 0 unspecified atom stereocenters. The normalized spacial score (nSPS) is 13.2. The van der Waals surface area contributed by atoms with Gasteiger partial charge in [-0.15, -0.1) is 0 Å². The molecule has 0 amide bonds. The predicted octanol–water partition coefficient (Wildman–Crippen LogP) is 4.70. The summed E-state index contributed by atoms with van der Waals surface area (Å²) < 4.78 is 0. The number of nitrogens with two attached hydrogens (primary N) is 1. The van der Waals surface area contributed by atoms with Crippen LogP contribution in [0.5, 0.6) is 0 Å². The van der Waals surface area contributed by atoms with Gasteiger partial charge in [0.25, 0.3) is 0 Å². The largest absolute Gasteiger partial charge is 0.326 e. The van der Waals surface area contributed by atoms with E-state index in [4.69, 9.17) is 5.73 Å². The molecule has 0 aromatic heterocycles. The van der Waals surface area contributed by atoms with Crippen LogP contribution in [0.25, 0.3) is 0 Å². The topological polar surface area (TPSA) is 55.4 Å². The van der Waals surface area contributed by atoms with Crippen molar-refractivity contribution in [2.24, 2.45) is 21.6 Å². The Morgan fingerprint density at radius 1 is 0.800 bits per heavy atom. The average Bonchev–Trinajstić information content (AvgIpc) is 1.89. The van der Waals surface area contributed by atoms with E-state index in [1.54, 1.807) is 6.08 Å². The summed E-state index contributed by atoms with van der Waals surface area (Å²) in [6.07, 6.45) is 3.57. The number of carbonyl (C=O) groups excluding carboxylic acids is 1. The monoisotopic (exact) mass is 284 g/mol. The van der Waals surface area contributed by atoms with Crippen molar-refractivity contribution in [2.45, 2.75) is 93.2 Å². The molecule has 0 rings (SSSR count). The van der Waals surface area contributed by atoms with E-state index < -0.39 is 0 Å². The first-order chi connectivity index (χ1) is 8.47. The first-order valence-corrected chi connectivity index (χ1v) is 7.35. The highest BCUT2D eigenvalue weighted by atomic mass is 16.1. The molecule has 0 radical (unpaired) electrons. The van der Waals surface area contributed by atoms with Crippen LogP contribution in [-0.2, 0) is 4.79 Å². The fourth-order valence-corrected chi connectivity index (χ4v) is 2.83. The third-order valence-corrected chi connectivity index (χ3v) is 2.30. The maximum absolute atomic E-state index is 10.0. The molecular formula is C17H36N2O. The van der Waals surface area contributed by atoms with Crippen molar-refractivity contribution in [3.63, 3.8) is 0 Å². The van der Waals surface area contributed by atoms with Crippen molar-refractivity contribution in [1.29, 1.82) is 0 Å². The standard InChI is InChI=1S/C9H17NO.C8H19N/c1-8(2,3)6-9(4,5)10-7-11;1-7(2,3)6-8(4,5)9/h6H2,1-5H3;6,9H2,1-5H3. The summed E-state index contributed by atoms with van der Waals surface area (Å²) in [5, 5.41) is 0. The van der Waals surface area contributed by atoms with Crippen LogP contribution >= 0.6 is 0 Å². The third-order valence-electron chi connectivity index (χ3n) is 2.30. The van der Waals surface area contributed by atoms with Gasteiger partial charge >= 0.3 is 0 Å². The Hall–Kier alpha value is -0.660. The maximum atomic E-state index is 10.0. The van der Waals surface area contributed by atoms with Crippen LogP contribution in [0.2, 0.25) is 0 Å². The predicted molar refractivity (Wildman–Crippen MR) is 88.6 cm³/mol. The number of rotatable bonds is 3. The number of nitrogens with zero attached hydrogens (tertiary/aromatic N) is 1. The Labute approximate surface area is 126 Å². The molecule has 0 bridgehead atoms. The van der Waals surface area contributed by atoms with Gasteiger partial charge in [-0.05, 0) is 51.4 Å². The molecule has 0 saturated heterocycles. The van der Waals surface area contributed by atoms with Gasteiger partial charge in [-0.1, -0.05) is 41.5 Å². The summed E-state index contributed by atoms with van der Waals surface area (Å²) in [6, 6.07) is 0. The maximum Gasteiger partial charge on any atom is 0.235 e. The summed E-state index contributed by atoms with van der Waals surface area (Å²) >= 11 is 0. The Balaban J connectivity index is 0. The lowest BCUT2D eigenvalue weighted by molar-refractivity contribution is 0.286. The Morgan fingerprint density at radius 3 is 1.30 bits per heavy atom. The van der Waals surface area contributed by atoms with E-state index in [9.17, 15) is 4.79 Å². The molecule has 3 nitrogen and oxygen atoms in total. The summed E-state index contributed by atoms with van der Waals surface area (Å²) in [4.78, 5) is 13.8. The van der Waals surface area contributed by atoms with Crippen molar-refractivity contribution >= 4 is 6.08 Å². The molecule has 3 heteroatoms. The van der Waals surface area contributed by atoms with E-state index in [2.05, 4.69) is 60.4 Å². The molecule has 120 valence electrons. The SMILES string of the molecule is CC(C)(C)CC(C)(C)N.CC(C)(C)CC(C)(C)N=C=O. The first-order valence-electron chi connectivity index (χ1n) is 7.35. The van der Waals surface area contributed by atoms with E-state index in [0.29, 0.717) is 5.41 Å². The van der Waals surface area contributed by atoms with E-state index in [-0.39, 0.29) is 16.5 Å². The van der Waals surface area contributed by atoms with E-state index >= 15 is 0 Å². The van der Waals surface area contributed by atoms with Crippen molar-refractivity contribution in [3.05, 3.63) is 0 Å². The number of isocyanates is 1. The molecule has 0 saturated carbocycles. The van der Waals surface area contributed by atoms with Gasteiger partial charge in [-0.3, -0.25) is 0 Å². The molecule has 0 fully saturated rings. The minimum absolute atomic E-state index is 0.0156. The Bertz CT molecular complexity index is 306. The summed E-state index contributed by atoms with van der Waals surface area (Å²) in [6.45, 7) is 21.1. The van der Waals surface area contributed by atoms with Crippen LogP contribution in [0.1, 0.15) is 82.1 Å². The van der Waals surface area contributed by atoms with Crippen molar-refractivity contribution in [3.8, 4) is 0 Å². The molecule has 20 heavy (non-hydrogen) atoms. The zero-order chi connectivity index (χ0) is 16.8. The molecule has 0 aliphatic rings. The van der Waals surface area contributed by atoms with Gasteiger partial charge in [0.05, 0.1) is 5.54 Å². The van der Waals surface area contributed by atoms with Crippen molar-refractivity contribution < 1.29 is 4.79 Å². The summed E-state index contributed by atoms with van der Waals surface area (Å²) in [7, 11) is 0. The van der Waals surface area contributed by atoms with Crippen molar-refractivity contribution in [1.82, 2.24) is 0 Å². The van der Waals surface area contributed by atoms with Crippen LogP contribution in [-0.4, -0.2) is 17.2 Å². The highest BCUT2D eigenvalue weighted by Gasteiger charge is 2.24. The smallest absolute Gasteiger partial charge is 0.235 e. The quantitative estimate of drug-likeness (QED) is 0.603. The molecule has 0 aromatic carbocycles. The number of hydrogen-bond donors (Lipinski definition) is 1. The summed E-state index contributed by atoms with van der Waals surface area (Å²) in [5.74, 6) is 0. The molecule has 0 heterocycles. The van der Waals surface area contributed by atoms with Crippen LogP contribution in [0.15, 0.2) is 4.99 Å². The fourth-order valence-electron chi connectivity index (χ4n) is 2.83. The molecule has 0 aromatic rings. The van der Waals surface area contributed by atoms with Crippen molar-refractivity contribution in [2.75, 3.05) is 0 Å². The van der Waals surface area contributed by atoms with Crippen LogP contribution < -0.4 is 5.73 Å². The Morgan fingerprint density at radius 2 is 1.15 bits per heavy atom. The lowest BCUT2D eigenvalue weighted by atomic mass is 9.82. The molecule has 0 aliphatic carbocycles. The molecule has 2 N–H and O–H groups in total. The highest BCUT2D eigenvalue weighted by molar-refractivity contribution is 5.34. The van der Waals surface area contributed by atoms with Gasteiger partial charge in [-0.25, -0.2) is 4.79 Å². The zero-order valence-electron chi connectivity index (χ0n) is 15.3. The van der Waals surface area contributed by atoms with Gasteiger partial charge in [0, 0.05) is 5.54 Å². The van der Waals surface area contributed by atoms with Gasteiger partial charge in [-0.2, -0.15) is 4.99 Å². The molecule has 0 atom stereocenters. The van der Waals surface area contributed by atoms with E-state index in [1.807, 2.05) is 13.8 Å². The van der Waals surface area contributed by atoms with Crippen LogP contribution in [0.3, 0.4) is 0 Å². The second kappa shape index (κ2) is 7.38. The number of aliphatic imine (C=N–C) groups is 1. The van der Waals surface area contributed by atoms with Gasteiger partial charge in [0.2, 0.25) is 6.08 Å². The minimum atomic E-state index is -0.264. The van der Waals surface area contributed by atoms with E-state index in [1.165, 1.54) is 0 Å². The molecular weight excluding hydrogens is 248 g/mol. The Kier molecular flexibility index (Phi) is 7.98. The van der Waals surface area contributed by atoms with Crippen LogP contribution in [0.4, 0.5) is 0 Å². The zero-order valence-corrected chi connectivity index (χ0v) is 15.3. The second-order valence-corrected chi connectivity index (χ2v) is 9.48. The third kappa shape index (κ3) is 19.7. The van der Waals surface area contributed by atoms with E-state index in [0.717, 1.165) is 12.8 Å². The lowest BCUT2D eigenvalue weighted by Gasteiger charge is -2.28. The second-order valence-electron chi connectivity index (χ2n) is 9.48. The minimum Gasteiger partial charge on any atom is -0.326 e. The highest BCUT2D eigenvalue weighted by Crippen LogP contribution is 2.28. The molecule has 0 spiro atoms. The van der Waals surface area contributed by atoms with Crippen LogP contribution in [0, 0.1) is 10.8 Å². The van der Waals surface area contributed by atoms with Gasteiger partial charge in [0.1, 0.15) is 0 Å². The fraction of sp³-hybridized carbons (Fsp3) is 0.941.